The SMILES string of the molecule is Cc1cn2nc([C@@H]3CCCCN3C(=O)c3cccn3C)cc2nc1N1CCCC1. The summed E-state index contributed by atoms with van der Waals surface area (Å²) in [5.41, 5.74) is 3.68. The topological polar surface area (TPSA) is 58.7 Å². The summed E-state index contributed by atoms with van der Waals surface area (Å²) in [6, 6.07) is 5.89. The van der Waals surface area contributed by atoms with Gasteiger partial charge in [0.25, 0.3) is 5.91 Å². The number of carbonyl (C=O) groups excluding carboxylic acids is 1. The number of carbonyl (C=O) groups is 1. The van der Waals surface area contributed by atoms with Crippen LogP contribution in [0.2, 0.25) is 0 Å². The van der Waals surface area contributed by atoms with Crippen LogP contribution in [0.3, 0.4) is 0 Å². The number of hydrogen-bond acceptors (Lipinski definition) is 4. The standard InChI is InChI=1S/C22H28N6O/c1-16-15-28-20(23-21(16)26-11-5-6-12-26)14-17(24-28)18-8-3-4-13-27(18)22(29)19-9-7-10-25(19)2/h7,9-10,14-15,18H,3-6,8,11-13H2,1-2H3/t18-/m0/s1. The first-order valence-corrected chi connectivity index (χ1v) is 10.7. The molecule has 0 unspecified atom stereocenters. The van der Waals surface area contributed by atoms with Gasteiger partial charge in [-0.05, 0) is 51.2 Å². The minimum Gasteiger partial charge on any atom is -0.356 e. The molecule has 2 aliphatic heterocycles. The molecule has 0 bridgehead atoms. The van der Waals surface area contributed by atoms with Crippen LogP contribution in [0.15, 0.2) is 30.6 Å². The molecule has 152 valence electrons. The first kappa shape index (κ1) is 18.2. The number of anilines is 1. The fraction of sp³-hybridized carbons (Fsp3) is 0.500. The maximum atomic E-state index is 13.2. The molecule has 3 aromatic rings. The fourth-order valence-corrected chi connectivity index (χ4v) is 4.74. The molecule has 0 aromatic carbocycles. The predicted molar refractivity (Wildman–Crippen MR) is 112 cm³/mol. The lowest BCUT2D eigenvalue weighted by molar-refractivity contribution is 0.0596. The van der Waals surface area contributed by atoms with Crippen LogP contribution in [0.4, 0.5) is 5.82 Å². The van der Waals surface area contributed by atoms with Gasteiger partial charge in [-0.2, -0.15) is 5.10 Å². The number of nitrogens with zero attached hydrogens (tertiary/aromatic N) is 6. The van der Waals surface area contributed by atoms with Gasteiger partial charge in [0.2, 0.25) is 0 Å². The van der Waals surface area contributed by atoms with E-state index in [9.17, 15) is 4.79 Å². The number of piperidine rings is 1. The minimum absolute atomic E-state index is 0.00314. The van der Waals surface area contributed by atoms with Crippen molar-refractivity contribution in [1.82, 2.24) is 24.1 Å². The van der Waals surface area contributed by atoms with Crippen molar-refractivity contribution >= 4 is 17.4 Å². The number of hydrogen-bond donors (Lipinski definition) is 0. The van der Waals surface area contributed by atoms with E-state index < -0.39 is 0 Å². The van der Waals surface area contributed by atoms with E-state index in [0.717, 1.165) is 67.3 Å². The average Bonchev–Trinajstić information content (AvgIpc) is 3.47. The molecule has 5 rings (SSSR count). The van der Waals surface area contributed by atoms with Crippen molar-refractivity contribution in [2.75, 3.05) is 24.5 Å². The number of aryl methyl sites for hydroxylation is 2. The smallest absolute Gasteiger partial charge is 0.271 e. The molecule has 1 atom stereocenters. The fourth-order valence-electron chi connectivity index (χ4n) is 4.74. The van der Waals surface area contributed by atoms with Crippen molar-refractivity contribution in [2.24, 2.45) is 7.05 Å². The van der Waals surface area contributed by atoms with Gasteiger partial charge in [0.1, 0.15) is 11.5 Å². The van der Waals surface area contributed by atoms with Crippen molar-refractivity contribution in [3.8, 4) is 0 Å². The third-order valence-electron chi connectivity index (χ3n) is 6.30. The predicted octanol–water partition coefficient (Wildman–Crippen LogP) is 3.34. The molecular formula is C22H28N6O. The maximum absolute atomic E-state index is 13.2. The zero-order valence-electron chi connectivity index (χ0n) is 17.2. The summed E-state index contributed by atoms with van der Waals surface area (Å²) in [6.45, 7) is 5.03. The Morgan fingerprint density at radius 3 is 2.69 bits per heavy atom. The Morgan fingerprint density at radius 2 is 1.93 bits per heavy atom. The van der Waals surface area contributed by atoms with Crippen LogP contribution < -0.4 is 4.90 Å². The number of likely N-dealkylation sites (tertiary alicyclic amines) is 1. The maximum Gasteiger partial charge on any atom is 0.271 e. The molecular weight excluding hydrogens is 364 g/mol. The second-order valence-electron chi connectivity index (χ2n) is 8.33. The highest BCUT2D eigenvalue weighted by molar-refractivity contribution is 5.93. The van der Waals surface area contributed by atoms with Crippen molar-refractivity contribution in [2.45, 2.75) is 45.1 Å². The quantitative estimate of drug-likeness (QED) is 0.686. The molecule has 0 saturated carbocycles. The Hall–Kier alpha value is -2.83. The third-order valence-corrected chi connectivity index (χ3v) is 6.30. The van der Waals surface area contributed by atoms with E-state index in [1.807, 2.05) is 39.4 Å². The molecule has 2 aliphatic rings. The lowest BCUT2D eigenvalue weighted by Gasteiger charge is -2.34. The van der Waals surface area contributed by atoms with Gasteiger partial charge in [-0.1, -0.05) is 0 Å². The van der Waals surface area contributed by atoms with Crippen LogP contribution in [0.1, 0.15) is 59.9 Å². The summed E-state index contributed by atoms with van der Waals surface area (Å²) in [6.07, 6.45) is 9.55. The van der Waals surface area contributed by atoms with Crippen LogP contribution in [0.25, 0.3) is 5.65 Å². The number of fused-ring (bicyclic) bond motifs is 1. The Kier molecular flexibility index (Phi) is 4.53. The van der Waals surface area contributed by atoms with Gasteiger partial charge in [-0.25, -0.2) is 9.50 Å². The van der Waals surface area contributed by atoms with E-state index in [1.165, 1.54) is 12.8 Å². The van der Waals surface area contributed by atoms with Crippen molar-refractivity contribution in [3.63, 3.8) is 0 Å². The molecule has 29 heavy (non-hydrogen) atoms. The molecule has 7 nitrogen and oxygen atoms in total. The van der Waals surface area contributed by atoms with Crippen molar-refractivity contribution < 1.29 is 4.79 Å². The Morgan fingerprint density at radius 1 is 1.14 bits per heavy atom. The summed E-state index contributed by atoms with van der Waals surface area (Å²) >= 11 is 0. The van der Waals surface area contributed by atoms with Crippen LogP contribution in [0, 0.1) is 6.92 Å². The Bertz CT molecular complexity index is 1040. The summed E-state index contributed by atoms with van der Waals surface area (Å²) in [7, 11) is 1.92. The van der Waals surface area contributed by atoms with E-state index in [2.05, 4.69) is 24.1 Å². The third kappa shape index (κ3) is 3.18. The second-order valence-corrected chi connectivity index (χ2v) is 8.33. The van der Waals surface area contributed by atoms with Gasteiger partial charge in [0.05, 0.1) is 11.7 Å². The van der Waals surface area contributed by atoms with Crippen LogP contribution in [-0.4, -0.2) is 49.6 Å². The highest BCUT2D eigenvalue weighted by atomic mass is 16.2. The number of aromatic nitrogens is 4. The van der Waals surface area contributed by atoms with E-state index in [-0.39, 0.29) is 11.9 Å². The van der Waals surface area contributed by atoms with Gasteiger partial charge in [0, 0.05) is 50.7 Å². The van der Waals surface area contributed by atoms with E-state index in [1.54, 1.807) is 0 Å². The molecule has 0 spiro atoms. The van der Waals surface area contributed by atoms with E-state index in [4.69, 9.17) is 10.1 Å². The molecule has 0 radical (unpaired) electrons. The van der Waals surface area contributed by atoms with Gasteiger partial charge in [0.15, 0.2) is 5.65 Å². The molecule has 5 heterocycles. The summed E-state index contributed by atoms with van der Waals surface area (Å²) in [5.74, 6) is 1.16. The monoisotopic (exact) mass is 392 g/mol. The lowest BCUT2D eigenvalue weighted by atomic mass is 9.99. The summed E-state index contributed by atoms with van der Waals surface area (Å²) in [4.78, 5) is 22.5. The molecule has 1 amide bonds. The summed E-state index contributed by atoms with van der Waals surface area (Å²) < 4.78 is 3.77. The molecule has 0 aliphatic carbocycles. The van der Waals surface area contributed by atoms with E-state index >= 15 is 0 Å². The van der Waals surface area contributed by atoms with E-state index in [0.29, 0.717) is 0 Å². The zero-order chi connectivity index (χ0) is 20.0. The highest BCUT2D eigenvalue weighted by Crippen LogP contribution is 2.32. The normalized spacial score (nSPS) is 20.0. The van der Waals surface area contributed by atoms with Crippen LogP contribution >= 0.6 is 0 Å². The van der Waals surface area contributed by atoms with Crippen LogP contribution in [-0.2, 0) is 7.05 Å². The van der Waals surface area contributed by atoms with Crippen molar-refractivity contribution in [3.05, 3.63) is 47.5 Å². The number of amides is 1. The van der Waals surface area contributed by atoms with Crippen molar-refractivity contribution in [1.29, 1.82) is 0 Å². The molecule has 0 N–H and O–H groups in total. The molecule has 3 aromatic heterocycles. The summed E-state index contributed by atoms with van der Waals surface area (Å²) in [5, 5.41) is 4.84. The second kappa shape index (κ2) is 7.21. The lowest BCUT2D eigenvalue weighted by Crippen LogP contribution is -2.39. The zero-order valence-corrected chi connectivity index (χ0v) is 17.2. The average molecular weight is 393 g/mol. The Balaban J connectivity index is 1.49. The molecule has 2 saturated heterocycles. The minimum atomic E-state index is 0.00314. The van der Waals surface area contributed by atoms with Gasteiger partial charge in [-0.15, -0.1) is 0 Å². The van der Waals surface area contributed by atoms with Gasteiger partial charge in [-0.3, -0.25) is 4.79 Å². The van der Waals surface area contributed by atoms with Gasteiger partial charge >= 0.3 is 0 Å². The first-order chi connectivity index (χ1) is 14.1. The van der Waals surface area contributed by atoms with Crippen LogP contribution in [0.5, 0.6) is 0 Å². The first-order valence-electron chi connectivity index (χ1n) is 10.7. The van der Waals surface area contributed by atoms with Gasteiger partial charge < -0.3 is 14.4 Å². The highest BCUT2D eigenvalue weighted by Gasteiger charge is 2.31. The molecule has 7 heteroatoms. The number of rotatable bonds is 3. The largest absolute Gasteiger partial charge is 0.356 e. The Labute approximate surface area is 170 Å². The molecule has 2 fully saturated rings.